The monoisotopic (exact) mass is 365 g/mol. The third-order valence-corrected chi connectivity index (χ3v) is 5.66. The number of aromatic hydroxyl groups is 1. The van der Waals surface area contributed by atoms with Crippen molar-refractivity contribution in [3.8, 4) is 17.2 Å². The van der Waals surface area contributed by atoms with E-state index in [0.717, 1.165) is 42.9 Å². The molecule has 0 aromatic heterocycles. The van der Waals surface area contributed by atoms with Crippen LogP contribution in [0.15, 0.2) is 48.6 Å². The maximum Gasteiger partial charge on any atom is 0.160 e. The maximum atomic E-state index is 10.2. The quantitative estimate of drug-likeness (QED) is 0.531. The first-order chi connectivity index (χ1) is 13.2. The topological polar surface area (TPSA) is 50.7 Å². The average molecular weight is 365 g/mol. The van der Waals surface area contributed by atoms with Gasteiger partial charge in [0.15, 0.2) is 11.5 Å². The summed E-state index contributed by atoms with van der Waals surface area (Å²) in [4.78, 5) is 0. The highest BCUT2D eigenvalue weighted by molar-refractivity contribution is 5.62. The molecule has 0 spiro atoms. The normalized spacial score (nSPS) is 22.7. The van der Waals surface area contributed by atoms with Gasteiger partial charge in [-0.15, -0.1) is 0 Å². The number of methoxy groups -OCH3 is 1. The average Bonchev–Trinajstić information content (AvgIpc) is 3.18. The van der Waals surface area contributed by atoms with Crippen molar-refractivity contribution >= 4 is 5.69 Å². The number of unbranched alkanes of at least 4 members (excludes halogenated alkanes) is 1. The van der Waals surface area contributed by atoms with Crippen LogP contribution in [0.3, 0.4) is 0 Å². The molecule has 2 aromatic rings. The summed E-state index contributed by atoms with van der Waals surface area (Å²) in [6.45, 7) is 2.94. The van der Waals surface area contributed by atoms with Crippen LogP contribution in [0.25, 0.3) is 0 Å². The first-order valence-electron chi connectivity index (χ1n) is 9.78. The Hall–Kier alpha value is -2.62. The fourth-order valence-corrected chi connectivity index (χ4v) is 4.23. The van der Waals surface area contributed by atoms with Gasteiger partial charge in [0.25, 0.3) is 0 Å². The zero-order valence-corrected chi connectivity index (χ0v) is 15.9. The number of rotatable bonds is 6. The van der Waals surface area contributed by atoms with Gasteiger partial charge >= 0.3 is 0 Å². The highest BCUT2D eigenvalue weighted by atomic mass is 16.5. The summed E-state index contributed by atoms with van der Waals surface area (Å²) in [6, 6.07) is 12.2. The predicted molar refractivity (Wildman–Crippen MR) is 108 cm³/mol. The van der Waals surface area contributed by atoms with E-state index in [2.05, 4.69) is 36.5 Å². The van der Waals surface area contributed by atoms with Crippen molar-refractivity contribution < 1.29 is 14.6 Å². The summed E-state index contributed by atoms with van der Waals surface area (Å²) in [7, 11) is 1.57. The van der Waals surface area contributed by atoms with Crippen LogP contribution < -0.4 is 14.8 Å². The van der Waals surface area contributed by atoms with Crippen LogP contribution in [-0.4, -0.2) is 18.8 Å². The van der Waals surface area contributed by atoms with E-state index in [0.29, 0.717) is 17.6 Å². The van der Waals surface area contributed by atoms with Gasteiger partial charge in [0, 0.05) is 11.6 Å². The van der Waals surface area contributed by atoms with Crippen LogP contribution in [0, 0.1) is 5.92 Å². The number of phenolic OH excluding ortho intramolecular Hbond substituents is 1. The second-order valence-corrected chi connectivity index (χ2v) is 7.36. The highest BCUT2D eigenvalue weighted by Crippen LogP contribution is 2.51. The maximum absolute atomic E-state index is 10.2. The molecule has 0 amide bonds. The highest BCUT2D eigenvalue weighted by Gasteiger charge is 2.38. The Kier molecular flexibility index (Phi) is 4.97. The smallest absolute Gasteiger partial charge is 0.160 e. The summed E-state index contributed by atoms with van der Waals surface area (Å²) >= 11 is 0. The molecular formula is C23H27NO3. The predicted octanol–water partition coefficient (Wildman–Crippen LogP) is 5.41. The zero-order valence-electron chi connectivity index (χ0n) is 15.9. The van der Waals surface area contributed by atoms with Crippen LogP contribution in [0.4, 0.5) is 5.69 Å². The Labute approximate surface area is 160 Å². The van der Waals surface area contributed by atoms with E-state index in [-0.39, 0.29) is 11.8 Å². The van der Waals surface area contributed by atoms with Crippen molar-refractivity contribution in [1.82, 2.24) is 0 Å². The van der Waals surface area contributed by atoms with E-state index >= 15 is 0 Å². The minimum Gasteiger partial charge on any atom is -0.504 e. The SMILES string of the molecule is CCCCOc1ccc2c(c1)C1C=CCC1C(c1ccc(OC)c(O)c1)N2. The fraction of sp³-hybridized carbons (Fsp3) is 0.391. The van der Waals surface area contributed by atoms with Crippen molar-refractivity contribution in [3.05, 3.63) is 59.7 Å². The molecule has 3 unspecified atom stereocenters. The van der Waals surface area contributed by atoms with Crippen LogP contribution in [0.1, 0.15) is 49.3 Å². The Morgan fingerprint density at radius 1 is 1.19 bits per heavy atom. The van der Waals surface area contributed by atoms with E-state index < -0.39 is 0 Å². The number of ether oxygens (including phenoxy) is 2. The minimum atomic E-state index is 0.154. The lowest BCUT2D eigenvalue weighted by atomic mass is 9.77. The van der Waals surface area contributed by atoms with Gasteiger partial charge in [-0.05, 0) is 60.2 Å². The molecule has 0 saturated heterocycles. The summed E-state index contributed by atoms with van der Waals surface area (Å²) in [5, 5.41) is 13.9. The molecule has 0 fully saturated rings. The molecule has 142 valence electrons. The molecule has 0 saturated carbocycles. The number of hydrogen-bond acceptors (Lipinski definition) is 4. The number of hydrogen-bond donors (Lipinski definition) is 2. The van der Waals surface area contributed by atoms with Crippen molar-refractivity contribution in [3.63, 3.8) is 0 Å². The summed E-state index contributed by atoms with van der Waals surface area (Å²) < 4.78 is 11.1. The van der Waals surface area contributed by atoms with E-state index in [1.807, 2.05) is 24.3 Å². The lowest BCUT2D eigenvalue weighted by molar-refractivity contribution is 0.308. The Bertz CT molecular complexity index is 846. The molecule has 2 N–H and O–H groups in total. The van der Waals surface area contributed by atoms with Gasteiger partial charge < -0.3 is 19.9 Å². The standard InChI is InChI=1S/C23H27NO3/c1-3-4-12-27-16-9-10-20-19(14-16)17-6-5-7-18(17)23(24-20)15-8-11-22(26-2)21(25)13-15/h5-6,8-11,13-14,17-18,23-25H,3-4,7,12H2,1-2H3. The molecule has 4 nitrogen and oxygen atoms in total. The van der Waals surface area contributed by atoms with Gasteiger partial charge in [0.05, 0.1) is 19.8 Å². The molecule has 4 heteroatoms. The molecule has 4 rings (SSSR count). The molecule has 27 heavy (non-hydrogen) atoms. The van der Waals surface area contributed by atoms with Crippen molar-refractivity contribution in [2.24, 2.45) is 5.92 Å². The number of fused-ring (bicyclic) bond motifs is 3. The summed E-state index contributed by atoms with van der Waals surface area (Å²) in [6.07, 6.45) is 7.82. The second kappa shape index (κ2) is 7.55. The molecule has 1 aliphatic heterocycles. The Balaban J connectivity index is 1.63. The molecule has 1 aliphatic carbocycles. The van der Waals surface area contributed by atoms with Crippen LogP contribution >= 0.6 is 0 Å². The zero-order chi connectivity index (χ0) is 18.8. The number of nitrogens with one attached hydrogen (secondary N) is 1. The molecule has 1 heterocycles. The molecule has 2 aromatic carbocycles. The largest absolute Gasteiger partial charge is 0.504 e. The van der Waals surface area contributed by atoms with Crippen molar-refractivity contribution in [1.29, 1.82) is 0 Å². The van der Waals surface area contributed by atoms with Crippen LogP contribution in [-0.2, 0) is 0 Å². The molecular weight excluding hydrogens is 338 g/mol. The van der Waals surface area contributed by atoms with Gasteiger partial charge in [-0.3, -0.25) is 0 Å². The van der Waals surface area contributed by atoms with Crippen LogP contribution in [0.2, 0.25) is 0 Å². The van der Waals surface area contributed by atoms with E-state index in [1.54, 1.807) is 7.11 Å². The van der Waals surface area contributed by atoms with Crippen molar-refractivity contribution in [2.45, 2.75) is 38.1 Å². The first-order valence-corrected chi connectivity index (χ1v) is 9.78. The van der Waals surface area contributed by atoms with Gasteiger partial charge in [-0.2, -0.15) is 0 Å². The first kappa shape index (κ1) is 17.8. The van der Waals surface area contributed by atoms with Gasteiger partial charge in [-0.25, -0.2) is 0 Å². The molecule has 3 atom stereocenters. The van der Waals surface area contributed by atoms with Crippen LogP contribution in [0.5, 0.6) is 17.2 Å². The number of phenols is 1. The van der Waals surface area contributed by atoms with Gasteiger partial charge in [0.1, 0.15) is 5.75 Å². The van der Waals surface area contributed by atoms with E-state index in [4.69, 9.17) is 9.47 Å². The number of benzene rings is 2. The molecule has 2 aliphatic rings. The lowest BCUT2D eigenvalue weighted by Gasteiger charge is -2.37. The molecule has 0 bridgehead atoms. The Morgan fingerprint density at radius 3 is 2.85 bits per heavy atom. The summed E-state index contributed by atoms with van der Waals surface area (Å²) in [5.74, 6) is 2.43. The number of anilines is 1. The van der Waals surface area contributed by atoms with Gasteiger partial charge in [0.2, 0.25) is 0 Å². The number of allylic oxidation sites excluding steroid dienone is 2. The third kappa shape index (κ3) is 3.36. The van der Waals surface area contributed by atoms with Gasteiger partial charge in [-0.1, -0.05) is 31.6 Å². The third-order valence-electron chi connectivity index (χ3n) is 5.66. The second-order valence-electron chi connectivity index (χ2n) is 7.36. The minimum absolute atomic E-state index is 0.154. The van der Waals surface area contributed by atoms with E-state index in [1.165, 1.54) is 5.56 Å². The Morgan fingerprint density at radius 2 is 2.07 bits per heavy atom. The molecule has 0 radical (unpaired) electrons. The van der Waals surface area contributed by atoms with E-state index in [9.17, 15) is 5.11 Å². The van der Waals surface area contributed by atoms with Crippen molar-refractivity contribution in [2.75, 3.05) is 19.0 Å². The fourth-order valence-electron chi connectivity index (χ4n) is 4.23. The lowest BCUT2D eigenvalue weighted by Crippen LogP contribution is -2.29. The summed E-state index contributed by atoms with van der Waals surface area (Å²) in [5.41, 5.74) is 3.53.